The molecule has 0 aliphatic heterocycles. The molecule has 20 heavy (non-hydrogen) atoms. The SMILES string of the molecule is CC[n+]1nc2cc(C)c(Cl)cc2c2cc(Cl)c(C)cc21. The number of aromatic nitrogens is 2. The van der Waals surface area contributed by atoms with E-state index in [2.05, 4.69) is 13.0 Å². The number of fused-ring (bicyclic) bond motifs is 3. The first-order valence-corrected chi connectivity index (χ1v) is 7.36. The molecular formula is C16H15Cl2N2+. The Morgan fingerprint density at radius 1 is 0.950 bits per heavy atom. The van der Waals surface area contributed by atoms with Crippen molar-refractivity contribution in [2.24, 2.45) is 0 Å². The van der Waals surface area contributed by atoms with Gasteiger partial charge >= 0.3 is 0 Å². The Morgan fingerprint density at radius 3 is 2.20 bits per heavy atom. The van der Waals surface area contributed by atoms with Gasteiger partial charge in [-0.3, -0.25) is 0 Å². The monoisotopic (exact) mass is 305 g/mol. The fourth-order valence-corrected chi connectivity index (χ4v) is 2.81. The van der Waals surface area contributed by atoms with Crippen LogP contribution in [0, 0.1) is 13.8 Å². The Labute approximate surface area is 127 Å². The lowest BCUT2D eigenvalue weighted by Crippen LogP contribution is -2.37. The van der Waals surface area contributed by atoms with Gasteiger partial charge in [-0.05, 0) is 50.1 Å². The number of nitrogens with zero attached hydrogens (tertiary/aromatic N) is 2. The van der Waals surface area contributed by atoms with Crippen molar-refractivity contribution in [3.05, 3.63) is 45.4 Å². The zero-order chi connectivity index (χ0) is 14.4. The first-order chi connectivity index (χ1) is 9.51. The molecule has 1 aromatic heterocycles. The molecule has 0 aliphatic rings. The van der Waals surface area contributed by atoms with Crippen molar-refractivity contribution in [2.45, 2.75) is 27.3 Å². The summed E-state index contributed by atoms with van der Waals surface area (Å²) in [6.07, 6.45) is 0. The van der Waals surface area contributed by atoms with Crippen LogP contribution in [0.1, 0.15) is 18.1 Å². The highest BCUT2D eigenvalue weighted by atomic mass is 35.5. The van der Waals surface area contributed by atoms with Gasteiger partial charge in [-0.25, -0.2) is 0 Å². The van der Waals surface area contributed by atoms with Crippen LogP contribution in [0.5, 0.6) is 0 Å². The van der Waals surface area contributed by atoms with Gasteiger partial charge < -0.3 is 0 Å². The molecule has 1 heterocycles. The highest BCUT2D eigenvalue weighted by Gasteiger charge is 2.16. The van der Waals surface area contributed by atoms with Crippen LogP contribution in [-0.2, 0) is 6.54 Å². The summed E-state index contributed by atoms with van der Waals surface area (Å²) in [5.74, 6) is 0. The molecule has 4 heteroatoms. The van der Waals surface area contributed by atoms with Gasteiger partial charge in [0.2, 0.25) is 5.52 Å². The van der Waals surface area contributed by atoms with Crippen molar-refractivity contribution in [3.63, 3.8) is 0 Å². The predicted molar refractivity (Wildman–Crippen MR) is 84.6 cm³/mol. The molecule has 3 aromatic rings. The van der Waals surface area contributed by atoms with Crippen molar-refractivity contribution in [1.82, 2.24) is 5.10 Å². The Balaban J connectivity index is 2.56. The summed E-state index contributed by atoms with van der Waals surface area (Å²) in [5, 5.41) is 8.37. The molecule has 0 radical (unpaired) electrons. The molecule has 0 amide bonds. The largest absolute Gasteiger partial charge is 0.240 e. The van der Waals surface area contributed by atoms with E-state index in [1.807, 2.05) is 36.7 Å². The van der Waals surface area contributed by atoms with Gasteiger partial charge in [-0.2, -0.15) is 0 Å². The van der Waals surface area contributed by atoms with Gasteiger partial charge in [0.05, 0.1) is 5.39 Å². The lowest BCUT2D eigenvalue weighted by molar-refractivity contribution is -0.724. The van der Waals surface area contributed by atoms with E-state index in [4.69, 9.17) is 28.3 Å². The third-order valence-corrected chi connectivity index (χ3v) is 4.46. The van der Waals surface area contributed by atoms with Crippen molar-refractivity contribution in [2.75, 3.05) is 0 Å². The molecule has 102 valence electrons. The highest BCUT2D eigenvalue weighted by molar-refractivity contribution is 6.33. The maximum atomic E-state index is 6.29. The number of hydrogen-bond acceptors (Lipinski definition) is 1. The molecule has 2 nitrogen and oxygen atoms in total. The average Bonchev–Trinajstić information content (AvgIpc) is 2.42. The molecule has 0 spiro atoms. The molecule has 0 aliphatic carbocycles. The average molecular weight is 306 g/mol. The second kappa shape index (κ2) is 4.87. The number of aryl methyl sites for hydroxylation is 3. The van der Waals surface area contributed by atoms with Crippen LogP contribution >= 0.6 is 23.2 Å². The molecule has 2 aromatic carbocycles. The third kappa shape index (κ3) is 2.04. The Bertz CT molecular complexity index is 841. The van der Waals surface area contributed by atoms with Crippen LogP contribution in [0.15, 0.2) is 24.3 Å². The topological polar surface area (TPSA) is 16.8 Å². The van der Waals surface area contributed by atoms with E-state index < -0.39 is 0 Å². The quantitative estimate of drug-likeness (QED) is 0.473. The molecule has 0 N–H and O–H groups in total. The second-order valence-corrected chi connectivity index (χ2v) is 5.87. The maximum absolute atomic E-state index is 6.29. The van der Waals surface area contributed by atoms with E-state index in [0.29, 0.717) is 0 Å². The molecule has 0 fully saturated rings. The van der Waals surface area contributed by atoms with Crippen LogP contribution in [0.3, 0.4) is 0 Å². The Kier molecular flexibility index (Phi) is 3.31. The van der Waals surface area contributed by atoms with E-state index in [1.54, 1.807) is 0 Å². The summed E-state index contributed by atoms with van der Waals surface area (Å²) >= 11 is 12.6. The first-order valence-electron chi connectivity index (χ1n) is 6.61. The summed E-state index contributed by atoms with van der Waals surface area (Å²) in [5.41, 5.74) is 4.12. The van der Waals surface area contributed by atoms with Crippen LogP contribution in [-0.4, -0.2) is 5.10 Å². The first kappa shape index (κ1) is 13.6. The maximum Gasteiger partial charge on any atom is 0.240 e. The van der Waals surface area contributed by atoms with E-state index >= 15 is 0 Å². The van der Waals surface area contributed by atoms with Gasteiger partial charge in [0.15, 0.2) is 6.54 Å². The number of halogens is 2. The standard InChI is InChI=1S/C16H15Cl2N2/c1-4-20-16-6-10(3)14(18)8-12(16)11-7-13(17)9(2)5-15(11)19-20/h5-8H,4H2,1-3H3/q+1. The van der Waals surface area contributed by atoms with E-state index in [9.17, 15) is 0 Å². The van der Waals surface area contributed by atoms with E-state index in [0.717, 1.165) is 49.5 Å². The minimum atomic E-state index is 0.756. The number of rotatable bonds is 1. The van der Waals surface area contributed by atoms with Crippen molar-refractivity contribution < 1.29 is 4.68 Å². The van der Waals surface area contributed by atoms with Gasteiger partial charge in [0, 0.05) is 26.6 Å². The van der Waals surface area contributed by atoms with Gasteiger partial charge in [-0.1, -0.05) is 27.9 Å². The molecule has 0 unspecified atom stereocenters. The van der Waals surface area contributed by atoms with Crippen LogP contribution < -0.4 is 4.68 Å². The summed E-state index contributed by atoms with van der Waals surface area (Å²) in [4.78, 5) is 0. The minimum absolute atomic E-state index is 0.756. The van der Waals surface area contributed by atoms with E-state index in [1.165, 1.54) is 0 Å². The van der Waals surface area contributed by atoms with Crippen molar-refractivity contribution in [3.8, 4) is 0 Å². The van der Waals surface area contributed by atoms with Gasteiger partial charge in [0.1, 0.15) is 5.52 Å². The summed E-state index contributed by atoms with van der Waals surface area (Å²) in [6.45, 7) is 6.90. The summed E-state index contributed by atoms with van der Waals surface area (Å²) < 4.78 is 2.01. The molecule has 0 bridgehead atoms. The third-order valence-electron chi connectivity index (χ3n) is 3.65. The fourth-order valence-electron chi connectivity index (χ4n) is 2.49. The molecule has 0 saturated carbocycles. The lowest BCUT2D eigenvalue weighted by Gasteiger charge is -2.06. The van der Waals surface area contributed by atoms with Gasteiger partial charge in [0.25, 0.3) is 0 Å². The van der Waals surface area contributed by atoms with Crippen LogP contribution in [0.25, 0.3) is 21.8 Å². The van der Waals surface area contributed by atoms with Crippen molar-refractivity contribution in [1.29, 1.82) is 0 Å². The number of benzene rings is 2. The van der Waals surface area contributed by atoms with E-state index in [-0.39, 0.29) is 0 Å². The smallest absolute Gasteiger partial charge is 0.0840 e. The minimum Gasteiger partial charge on any atom is -0.0840 e. The Morgan fingerprint density at radius 2 is 1.55 bits per heavy atom. The highest BCUT2D eigenvalue weighted by Crippen LogP contribution is 2.30. The van der Waals surface area contributed by atoms with Crippen LogP contribution in [0.4, 0.5) is 0 Å². The number of hydrogen-bond donors (Lipinski definition) is 0. The van der Waals surface area contributed by atoms with Crippen molar-refractivity contribution >= 4 is 45.0 Å². The zero-order valence-corrected chi connectivity index (χ0v) is 13.2. The molecular weight excluding hydrogens is 291 g/mol. The molecule has 0 atom stereocenters. The normalized spacial score (nSPS) is 11.4. The fraction of sp³-hybridized carbons (Fsp3) is 0.250. The molecule has 0 saturated heterocycles. The van der Waals surface area contributed by atoms with Gasteiger partial charge in [-0.15, -0.1) is 0 Å². The second-order valence-electron chi connectivity index (χ2n) is 5.05. The van der Waals surface area contributed by atoms with Crippen LogP contribution in [0.2, 0.25) is 10.0 Å². The Hall–Kier alpha value is -1.38. The summed E-state index contributed by atoms with van der Waals surface area (Å²) in [6, 6.07) is 8.10. The lowest BCUT2D eigenvalue weighted by atomic mass is 10.1. The zero-order valence-electron chi connectivity index (χ0n) is 11.7. The predicted octanol–water partition coefficient (Wildman–Crippen LogP) is 4.62. The summed E-state index contributed by atoms with van der Waals surface area (Å²) in [7, 11) is 0. The molecule has 3 rings (SSSR count).